The first-order valence-electron chi connectivity index (χ1n) is 20.5. The van der Waals surface area contributed by atoms with E-state index in [4.69, 9.17) is 0 Å². The Balaban J connectivity index is 0.976. The molecule has 5 heteroatoms. The van der Waals surface area contributed by atoms with E-state index < -0.39 is 0 Å². The van der Waals surface area contributed by atoms with Crippen molar-refractivity contribution in [1.29, 1.82) is 0 Å². The second-order valence-electron chi connectivity index (χ2n) is 19.7. The van der Waals surface area contributed by atoms with Crippen LogP contribution in [0.25, 0.3) is 0 Å². The predicted molar refractivity (Wildman–Crippen MR) is 201 cm³/mol. The maximum Gasteiger partial charge on any atom is 0.123 e. The smallest absolute Gasteiger partial charge is 0.123 e. The number of nitrogens with one attached hydrogen (secondary N) is 1. The molecule has 274 valence electrons. The van der Waals surface area contributed by atoms with Crippen molar-refractivity contribution >= 4 is 0 Å². The Morgan fingerprint density at radius 2 is 1.61 bits per heavy atom. The lowest BCUT2D eigenvalue weighted by molar-refractivity contribution is -0.247. The van der Waals surface area contributed by atoms with Gasteiger partial charge in [-0.05, 0) is 158 Å². The van der Waals surface area contributed by atoms with Crippen LogP contribution in [0.15, 0.2) is 36.4 Å². The maximum atomic E-state index is 13.6. The molecule has 0 amide bonds. The molecule has 4 nitrogen and oxygen atoms in total. The molecule has 0 spiro atoms. The average Bonchev–Trinajstić information content (AvgIpc) is 3.44. The van der Waals surface area contributed by atoms with Crippen LogP contribution in [0.1, 0.15) is 118 Å². The quantitative estimate of drug-likeness (QED) is 0.203. The summed E-state index contributed by atoms with van der Waals surface area (Å²) < 4.78 is 13.6. The molecule has 1 aromatic rings. The SMILES string of the molecule is C=C(C)[C@@H]1CC[C@]2(CCNCCN3CCN(Cc4cccc(F)c4)CC3)CC[C@]3(C)[C@H](CC[C@@H]4[C@@]5(C)CC[C@H](O)C(C)(C)[C@@H]5CC[C@]43C)[C@@H]12. The third kappa shape index (κ3) is 6.01. The van der Waals surface area contributed by atoms with E-state index >= 15 is 0 Å². The Labute approximate surface area is 299 Å². The summed E-state index contributed by atoms with van der Waals surface area (Å²) in [6.45, 7) is 28.4. The number of nitrogens with zero attached hydrogens (tertiary/aromatic N) is 2. The molecule has 1 heterocycles. The van der Waals surface area contributed by atoms with Gasteiger partial charge in [0.25, 0.3) is 0 Å². The van der Waals surface area contributed by atoms with Crippen LogP contribution in [0.2, 0.25) is 0 Å². The second kappa shape index (κ2) is 13.3. The van der Waals surface area contributed by atoms with Crippen molar-refractivity contribution in [2.45, 2.75) is 125 Å². The zero-order chi connectivity index (χ0) is 34.8. The van der Waals surface area contributed by atoms with Crippen LogP contribution in [0.3, 0.4) is 0 Å². The van der Waals surface area contributed by atoms with Gasteiger partial charge in [-0.3, -0.25) is 9.80 Å². The highest BCUT2D eigenvalue weighted by molar-refractivity contribution is 5.22. The number of fused-ring (bicyclic) bond motifs is 7. The summed E-state index contributed by atoms with van der Waals surface area (Å²) in [6, 6.07) is 7.08. The number of aliphatic hydroxyl groups is 1. The number of allylic oxidation sites excluding steroid dienone is 1. The standard InChI is InChI=1S/C44H70FN3O/c1-31(2)34-13-18-44(21-22-46-23-24-47-25-27-48(28-26-47)30-32-9-8-10-33(45)29-32)20-19-42(6)35(39(34)44)11-12-37-41(5)16-15-38(49)40(3,4)36(41)14-17-43(37,42)7/h8-10,29,34-39,46,49H,1,11-28,30H2,2-7H3/t34-,35+,36-,37+,38-,39+,41-,42+,43+,44+/m0/s1. The van der Waals surface area contributed by atoms with Gasteiger partial charge in [-0.1, -0.05) is 58.9 Å². The fourth-order valence-electron chi connectivity index (χ4n) is 14.5. The summed E-state index contributed by atoms with van der Waals surface area (Å²) in [4.78, 5) is 5.07. The average molecular weight is 676 g/mol. The van der Waals surface area contributed by atoms with Crippen molar-refractivity contribution in [2.75, 3.05) is 45.8 Å². The minimum absolute atomic E-state index is 0.0237. The number of benzene rings is 1. The van der Waals surface area contributed by atoms with E-state index in [0.717, 1.165) is 82.1 Å². The minimum atomic E-state index is -0.149. The van der Waals surface area contributed by atoms with Gasteiger partial charge in [0.1, 0.15) is 5.82 Å². The topological polar surface area (TPSA) is 38.7 Å². The lowest BCUT2D eigenvalue weighted by Crippen LogP contribution is -2.66. The van der Waals surface area contributed by atoms with Gasteiger partial charge in [0, 0.05) is 45.8 Å². The van der Waals surface area contributed by atoms with Crippen molar-refractivity contribution in [3.8, 4) is 0 Å². The largest absolute Gasteiger partial charge is 0.393 e. The first-order chi connectivity index (χ1) is 23.2. The van der Waals surface area contributed by atoms with Crippen molar-refractivity contribution < 1.29 is 9.50 Å². The molecule has 6 fully saturated rings. The summed E-state index contributed by atoms with van der Waals surface area (Å²) in [6.07, 6.45) is 14.3. The molecule has 49 heavy (non-hydrogen) atoms. The summed E-state index contributed by atoms with van der Waals surface area (Å²) in [5.41, 5.74) is 4.13. The van der Waals surface area contributed by atoms with Crippen molar-refractivity contribution in [3.63, 3.8) is 0 Å². The molecule has 0 radical (unpaired) electrons. The van der Waals surface area contributed by atoms with E-state index in [9.17, 15) is 9.50 Å². The van der Waals surface area contributed by atoms with Crippen LogP contribution in [0.5, 0.6) is 0 Å². The highest BCUT2D eigenvalue weighted by Gasteiger charge is 2.70. The van der Waals surface area contributed by atoms with Crippen LogP contribution in [-0.4, -0.2) is 66.8 Å². The molecular weight excluding hydrogens is 606 g/mol. The van der Waals surface area contributed by atoms with Gasteiger partial charge in [0.2, 0.25) is 0 Å². The number of aliphatic hydroxyl groups excluding tert-OH is 1. The van der Waals surface area contributed by atoms with Gasteiger partial charge >= 0.3 is 0 Å². The Morgan fingerprint density at radius 1 is 0.857 bits per heavy atom. The van der Waals surface area contributed by atoms with Crippen LogP contribution in [0.4, 0.5) is 4.39 Å². The van der Waals surface area contributed by atoms with Crippen LogP contribution >= 0.6 is 0 Å². The number of hydrogen-bond donors (Lipinski definition) is 2. The van der Waals surface area contributed by atoms with Crippen LogP contribution < -0.4 is 5.32 Å². The molecule has 1 aliphatic heterocycles. The number of hydrogen-bond acceptors (Lipinski definition) is 4. The summed E-state index contributed by atoms with van der Waals surface area (Å²) in [5, 5.41) is 15.0. The molecule has 6 aliphatic rings. The lowest BCUT2D eigenvalue weighted by Gasteiger charge is -2.73. The van der Waals surface area contributed by atoms with Crippen molar-refractivity contribution in [3.05, 3.63) is 47.8 Å². The highest BCUT2D eigenvalue weighted by atomic mass is 19.1. The Morgan fingerprint density at radius 3 is 2.35 bits per heavy atom. The Bertz CT molecular complexity index is 1360. The zero-order valence-electron chi connectivity index (χ0n) is 32.1. The van der Waals surface area contributed by atoms with E-state index in [1.54, 1.807) is 6.07 Å². The van der Waals surface area contributed by atoms with Gasteiger partial charge in [0.05, 0.1) is 6.10 Å². The van der Waals surface area contributed by atoms with E-state index in [-0.39, 0.29) is 17.3 Å². The molecule has 5 aliphatic carbocycles. The summed E-state index contributed by atoms with van der Waals surface area (Å²) in [7, 11) is 0. The van der Waals surface area contributed by atoms with E-state index in [1.807, 2.05) is 12.1 Å². The Kier molecular flexibility index (Phi) is 9.80. The van der Waals surface area contributed by atoms with E-state index in [0.29, 0.717) is 33.5 Å². The van der Waals surface area contributed by atoms with Crippen LogP contribution in [0, 0.1) is 62.5 Å². The Hall–Kier alpha value is -1.27. The van der Waals surface area contributed by atoms with Crippen LogP contribution in [-0.2, 0) is 6.54 Å². The van der Waals surface area contributed by atoms with E-state index in [1.165, 1.54) is 75.8 Å². The highest BCUT2D eigenvalue weighted by Crippen LogP contribution is 2.77. The zero-order valence-corrected chi connectivity index (χ0v) is 32.1. The van der Waals surface area contributed by atoms with Gasteiger partial charge in [-0.15, -0.1) is 0 Å². The number of rotatable bonds is 9. The fraction of sp³-hybridized carbons (Fsp3) is 0.818. The first-order valence-corrected chi connectivity index (χ1v) is 20.5. The number of halogens is 1. The third-order valence-corrected chi connectivity index (χ3v) is 17.4. The molecule has 0 unspecified atom stereocenters. The van der Waals surface area contributed by atoms with E-state index in [2.05, 4.69) is 63.2 Å². The molecule has 1 saturated heterocycles. The molecule has 5 saturated carbocycles. The van der Waals surface area contributed by atoms with Crippen molar-refractivity contribution in [2.24, 2.45) is 56.7 Å². The van der Waals surface area contributed by atoms with Gasteiger partial charge in [0.15, 0.2) is 0 Å². The van der Waals surface area contributed by atoms with Gasteiger partial charge in [-0.25, -0.2) is 4.39 Å². The molecule has 7 rings (SSSR count). The molecule has 0 bridgehead atoms. The normalized spacial score (nSPS) is 43.7. The fourth-order valence-corrected chi connectivity index (χ4v) is 14.5. The molecule has 1 aromatic carbocycles. The van der Waals surface area contributed by atoms with Crippen molar-refractivity contribution in [1.82, 2.24) is 15.1 Å². The molecule has 0 aromatic heterocycles. The van der Waals surface area contributed by atoms with Gasteiger partial charge in [-0.2, -0.15) is 0 Å². The third-order valence-electron chi connectivity index (χ3n) is 17.4. The minimum Gasteiger partial charge on any atom is -0.393 e. The lowest BCUT2D eigenvalue weighted by atomic mass is 9.32. The van der Waals surface area contributed by atoms with Gasteiger partial charge < -0.3 is 10.4 Å². The molecule has 2 N–H and O–H groups in total. The predicted octanol–water partition coefficient (Wildman–Crippen LogP) is 8.94. The summed E-state index contributed by atoms with van der Waals surface area (Å²) in [5.74, 6) is 3.54. The first kappa shape index (κ1) is 36.1. The second-order valence-corrected chi connectivity index (χ2v) is 19.7. The number of piperazine rings is 1. The summed E-state index contributed by atoms with van der Waals surface area (Å²) >= 11 is 0. The monoisotopic (exact) mass is 676 g/mol. The molecular formula is C44H70FN3O. The maximum absolute atomic E-state index is 13.6. The molecule has 10 atom stereocenters.